The first-order chi connectivity index (χ1) is 15.3. The Kier molecular flexibility index (Phi) is 7.45. The average molecular weight is 418 g/mol. The van der Waals surface area contributed by atoms with E-state index in [-0.39, 0.29) is 11.9 Å². The van der Waals surface area contributed by atoms with E-state index in [1.807, 2.05) is 24.3 Å². The summed E-state index contributed by atoms with van der Waals surface area (Å²) in [6.45, 7) is 3.42. The highest BCUT2D eigenvalue weighted by molar-refractivity contribution is 5.91. The summed E-state index contributed by atoms with van der Waals surface area (Å²) in [6, 6.07) is 20.9. The van der Waals surface area contributed by atoms with Gasteiger partial charge in [-0.25, -0.2) is 0 Å². The van der Waals surface area contributed by atoms with Gasteiger partial charge in [0.05, 0.1) is 12.2 Å². The van der Waals surface area contributed by atoms with Gasteiger partial charge in [-0.3, -0.25) is 14.4 Å². The van der Waals surface area contributed by atoms with Crippen LogP contribution in [0.3, 0.4) is 0 Å². The number of hydrogen-bond acceptors (Lipinski definition) is 4. The molecule has 162 valence electrons. The molecule has 6 nitrogen and oxygen atoms in total. The molecular weight excluding hydrogens is 386 g/mol. The SMILES string of the molecule is O=C(NCC(c1ccccc1)N1CCCCCC1)c1cn(CCc2ccccc2)nn1. The first-order valence-corrected chi connectivity index (χ1v) is 11.3. The molecule has 3 aromatic rings. The minimum atomic E-state index is -0.165. The zero-order chi connectivity index (χ0) is 21.3. The second-order valence-electron chi connectivity index (χ2n) is 8.19. The predicted octanol–water partition coefficient (Wildman–Crippen LogP) is 3.87. The Labute approximate surface area is 184 Å². The molecule has 2 heterocycles. The third kappa shape index (κ3) is 6.01. The molecule has 1 aliphatic heterocycles. The summed E-state index contributed by atoms with van der Waals surface area (Å²) in [7, 11) is 0. The second kappa shape index (κ2) is 10.9. The highest BCUT2D eigenvalue weighted by atomic mass is 16.2. The number of carbonyl (C=O) groups is 1. The molecule has 2 aromatic carbocycles. The van der Waals surface area contributed by atoms with Crippen LogP contribution in [0, 0.1) is 0 Å². The smallest absolute Gasteiger partial charge is 0.273 e. The number of carbonyl (C=O) groups excluding carboxylic acids is 1. The number of aryl methyl sites for hydroxylation is 2. The van der Waals surface area contributed by atoms with E-state index in [0.717, 1.165) is 19.5 Å². The molecular formula is C25H31N5O. The Hall–Kier alpha value is -2.99. The summed E-state index contributed by atoms with van der Waals surface area (Å²) in [6.07, 6.45) is 7.60. The summed E-state index contributed by atoms with van der Waals surface area (Å²) in [5.74, 6) is -0.165. The van der Waals surface area contributed by atoms with Crippen LogP contribution in [-0.2, 0) is 13.0 Å². The molecule has 0 saturated carbocycles. The van der Waals surface area contributed by atoms with E-state index in [1.54, 1.807) is 10.9 Å². The van der Waals surface area contributed by atoms with Gasteiger partial charge >= 0.3 is 0 Å². The van der Waals surface area contributed by atoms with Gasteiger partial charge in [0.15, 0.2) is 5.69 Å². The van der Waals surface area contributed by atoms with Gasteiger partial charge in [-0.1, -0.05) is 78.7 Å². The van der Waals surface area contributed by atoms with Gasteiger partial charge < -0.3 is 5.32 Å². The lowest BCUT2D eigenvalue weighted by Gasteiger charge is -2.31. The molecule has 1 amide bonds. The zero-order valence-electron chi connectivity index (χ0n) is 18.0. The number of rotatable bonds is 8. The molecule has 1 unspecified atom stereocenters. The number of amides is 1. The normalized spacial score (nSPS) is 15.9. The van der Waals surface area contributed by atoms with E-state index in [1.165, 1.54) is 36.8 Å². The van der Waals surface area contributed by atoms with E-state index in [0.29, 0.717) is 18.8 Å². The molecule has 4 rings (SSSR count). The largest absolute Gasteiger partial charge is 0.349 e. The lowest BCUT2D eigenvalue weighted by atomic mass is 10.0. The van der Waals surface area contributed by atoms with Crippen LogP contribution in [-0.4, -0.2) is 45.4 Å². The van der Waals surface area contributed by atoms with Gasteiger partial charge in [-0.15, -0.1) is 5.10 Å². The van der Waals surface area contributed by atoms with Crippen LogP contribution in [0.5, 0.6) is 0 Å². The molecule has 1 aliphatic rings. The Bertz CT molecular complexity index is 933. The van der Waals surface area contributed by atoms with Gasteiger partial charge in [0.25, 0.3) is 5.91 Å². The van der Waals surface area contributed by atoms with E-state index >= 15 is 0 Å². The topological polar surface area (TPSA) is 63.1 Å². The van der Waals surface area contributed by atoms with Crippen LogP contribution in [0.2, 0.25) is 0 Å². The third-order valence-corrected chi connectivity index (χ3v) is 5.97. The fraction of sp³-hybridized carbons (Fsp3) is 0.400. The minimum Gasteiger partial charge on any atom is -0.349 e. The second-order valence-corrected chi connectivity index (χ2v) is 8.19. The lowest BCUT2D eigenvalue weighted by molar-refractivity contribution is 0.0928. The van der Waals surface area contributed by atoms with Crippen molar-refractivity contribution >= 4 is 5.91 Å². The van der Waals surface area contributed by atoms with Gasteiger partial charge in [0.2, 0.25) is 0 Å². The summed E-state index contributed by atoms with van der Waals surface area (Å²) in [4.78, 5) is 15.3. The van der Waals surface area contributed by atoms with Crippen molar-refractivity contribution in [1.29, 1.82) is 0 Å². The van der Waals surface area contributed by atoms with E-state index in [4.69, 9.17) is 0 Å². The van der Waals surface area contributed by atoms with Gasteiger partial charge in [0, 0.05) is 13.1 Å². The standard InChI is InChI=1S/C25H31N5O/c31-25(23-20-30(28-27-23)18-15-21-11-5-3-6-12-21)26-19-24(22-13-7-4-8-14-22)29-16-9-1-2-10-17-29/h3-8,11-14,20,24H,1-2,9-10,15-19H2,(H,26,31). The van der Waals surface area contributed by atoms with Crippen LogP contribution in [0.25, 0.3) is 0 Å². The number of likely N-dealkylation sites (tertiary alicyclic amines) is 1. The van der Waals surface area contributed by atoms with Gasteiger partial charge in [-0.2, -0.15) is 0 Å². The third-order valence-electron chi connectivity index (χ3n) is 5.97. The molecule has 1 aromatic heterocycles. The van der Waals surface area contributed by atoms with Crippen LogP contribution < -0.4 is 5.32 Å². The molecule has 6 heteroatoms. The monoisotopic (exact) mass is 417 g/mol. The first-order valence-electron chi connectivity index (χ1n) is 11.3. The van der Waals surface area contributed by atoms with Crippen LogP contribution >= 0.6 is 0 Å². The number of nitrogens with one attached hydrogen (secondary N) is 1. The number of aromatic nitrogens is 3. The van der Waals surface area contributed by atoms with Gasteiger partial charge in [-0.05, 0) is 43.5 Å². The molecule has 0 radical (unpaired) electrons. The van der Waals surface area contributed by atoms with Crippen molar-refractivity contribution < 1.29 is 4.79 Å². The van der Waals surface area contributed by atoms with Crippen molar-refractivity contribution in [3.63, 3.8) is 0 Å². The Morgan fingerprint density at radius 3 is 2.32 bits per heavy atom. The minimum absolute atomic E-state index is 0.165. The molecule has 1 fully saturated rings. The van der Waals surface area contributed by atoms with Crippen molar-refractivity contribution in [3.8, 4) is 0 Å². The molecule has 31 heavy (non-hydrogen) atoms. The summed E-state index contributed by atoms with van der Waals surface area (Å²) < 4.78 is 1.74. The van der Waals surface area contributed by atoms with Crippen LogP contribution in [0.1, 0.15) is 53.3 Å². The Morgan fingerprint density at radius 2 is 1.61 bits per heavy atom. The fourth-order valence-corrected chi connectivity index (χ4v) is 4.22. The van der Waals surface area contributed by atoms with Crippen molar-refractivity contribution in [2.45, 2.75) is 44.7 Å². The Balaban J connectivity index is 1.37. The number of hydrogen-bond donors (Lipinski definition) is 1. The number of nitrogens with zero attached hydrogens (tertiary/aromatic N) is 4. The summed E-state index contributed by atoms with van der Waals surface area (Å²) >= 11 is 0. The average Bonchev–Trinajstić information content (AvgIpc) is 3.14. The maximum atomic E-state index is 12.8. The Morgan fingerprint density at radius 1 is 0.935 bits per heavy atom. The maximum Gasteiger partial charge on any atom is 0.273 e. The molecule has 1 N–H and O–H groups in total. The zero-order valence-corrected chi connectivity index (χ0v) is 18.0. The summed E-state index contributed by atoms with van der Waals surface area (Å²) in [5, 5.41) is 11.3. The maximum absolute atomic E-state index is 12.8. The predicted molar refractivity (Wildman–Crippen MR) is 122 cm³/mol. The fourth-order valence-electron chi connectivity index (χ4n) is 4.22. The van der Waals surface area contributed by atoms with Crippen molar-refractivity contribution in [2.75, 3.05) is 19.6 Å². The van der Waals surface area contributed by atoms with Crippen LogP contribution in [0.15, 0.2) is 66.9 Å². The molecule has 0 spiro atoms. The number of benzene rings is 2. The van der Waals surface area contributed by atoms with Crippen molar-refractivity contribution in [1.82, 2.24) is 25.2 Å². The molecule has 0 aliphatic carbocycles. The highest BCUT2D eigenvalue weighted by Crippen LogP contribution is 2.23. The highest BCUT2D eigenvalue weighted by Gasteiger charge is 2.22. The van der Waals surface area contributed by atoms with E-state index < -0.39 is 0 Å². The van der Waals surface area contributed by atoms with E-state index in [2.05, 4.69) is 56.9 Å². The van der Waals surface area contributed by atoms with Gasteiger partial charge in [0.1, 0.15) is 0 Å². The van der Waals surface area contributed by atoms with Crippen LogP contribution in [0.4, 0.5) is 0 Å². The quantitative estimate of drug-likeness (QED) is 0.604. The van der Waals surface area contributed by atoms with Crippen molar-refractivity contribution in [3.05, 3.63) is 83.7 Å². The van der Waals surface area contributed by atoms with E-state index in [9.17, 15) is 4.79 Å². The molecule has 0 bridgehead atoms. The van der Waals surface area contributed by atoms with Crippen molar-refractivity contribution in [2.24, 2.45) is 0 Å². The lowest BCUT2D eigenvalue weighted by Crippen LogP contribution is -2.38. The molecule has 1 atom stereocenters. The first kappa shape index (κ1) is 21.2. The molecule has 1 saturated heterocycles. The summed E-state index contributed by atoms with van der Waals surface area (Å²) in [5.41, 5.74) is 2.86.